The van der Waals surface area contributed by atoms with Crippen molar-refractivity contribution in [1.82, 2.24) is 9.99 Å². The Labute approximate surface area is 177 Å². The molecule has 0 atom stereocenters. The Morgan fingerprint density at radius 1 is 1.06 bits per heavy atom. The van der Waals surface area contributed by atoms with Crippen LogP contribution in [0, 0.1) is 10.1 Å². The van der Waals surface area contributed by atoms with E-state index in [9.17, 15) is 14.9 Å². The second-order valence-corrected chi connectivity index (χ2v) is 6.68. The topological polar surface area (TPSA) is 98.8 Å². The van der Waals surface area contributed by atoms with Crippen LogP contribution in [0.4, 0.5) is 5.69 Å². The third kappa shape index (κ3) is 4.13. The van der Waals surface area contributed by atoms with Gasteiger partial charge in [0.05, 0.1) is 29.5 Å². The van der Waals surface area contributed by atoms with E-state index in [0.29, 0.717) is 17.0 Å². The summed E-state index contributed by atoms with van der Waals surface area (Å²) in [5.74, 6) is 0.0629. The van der Waals surface area contributed by atoms with Crippen molar-refractivity contribution in [3.63, 3.8) is 0 Å². The Morgan fingerprint density at radius 2 is 1.77 bits per heavy atom. The number of methoxy groups -OCH3 is 1. The summed E-state index contributed by atoms with van der Waals surface area (Å²) in [4.78, 5) is 23.1. The average molecular weight is 414 g/mol. The molecule has 0 bridgehead atoms. The first-order valence-corrected chi connectivity index (χ1v) is 9.39. The van der Waals surface area contributed by atoms with Gasteiger partial charge in [-0.3, -0.25) is 14.9 Å². The van der Waals surface area contributed by atoms with Crippen molar-refractivity contribution in [3.05, 3.63) is 100 Å². The number of carbonyl (C=O) groups is 1. The third-order valence-corrected chi connectivity index (χ3v) is 4.79. The maximum absolute atomic E-state index is 12.7. The number of hydrogen-bond acceptors (Lipinski definition) is 5. The van der Waals surface area contributed by atoms with Gasteiger partial charge in [0, 0.05) is 24.0 Å². The molecule has 4 rings (SSSR count). The summed E-state index contributed by atoms with van der Waals surface area (Å²) in [5, 5.41) is 16.8. The Balaban J connectivity index is 1.53. The molecule has 0 radical (unpaired) electrons. The van der Waals surface area contributed by atoms with Gasteiger partial charge < -0.3 is 9.30 Å². The zero-order valence-corrected chi connectivity index (χ0v) is 16.6. The van der Waals surface area contributed by atoms with Crippen molar-refractivity contribution in [3.8, 4) is 11.4 Å². The van der Waals surface area contributed by atoms with E-state index in [4.69, 9.17) is 4.74 Å². The highest BCUT2D eigenvalue weighted by atomic mass is 16.6. The SMILES string of the molecule is COc1cc2ccccc2cc1C(=O)N/N=C\c1cccn1-c1ccc([N+](=O)[O-])cc1. The fourth-order valence-electron chi connectivity index (χ4n) is 3.25. The quantitative estimate of drug-likeness (QED) is 0.289. The lowest BCUT2D eigenvalue weighted by Crippen LogP contribution is -2.18. The monoisotopic (exact) mass is 414 g/mol. The predicted octanol–water partition coefficient (Wildman–Crippen LogP) is 4.31. The largest absolute Gasteiger partial charge is 0.496 e. The molecule has 0 saturated carbocycles. The van der Waals surface area contributed by atoms with Crippen molar-refractivity contribution >= 4 is 28.6 Å². The van der Waals surface area contributed by atoms with E-state index in [-0.39, 0.29) is 5.69 Å². The summed E-state index contributed by atoms with van der Waals surface area (Å²) in [5.41, 5.74) is 4.35. The molecule has 1 heterocycles. The van der Waals surface area contributed by atoms with Crippen LogP contribution in [0.2, 0.25) is 0 Å². The minimum atomic E-state index is -0.446. The highest BCUT2D eigenvalue weighted by Crippen LogP contribution is 2.26. The van der Waals surface area contributed by atoms with Gasteiger partial charge in [-0.25, -0.2) is 5.43 Å². The van der Waals surface area contributed by atoms with Crippen molar-refractivity contribution in [1.29, 1.82) is 0 Å². The van der Waals surface area contributed by atoms with Crippen molar-refractivity contribution < 1.29 is 14.5 Å². The Kier molecular flexibility index (Phi) is 5.44. The molecule has 8 heteroatoms. The molecular weight excluding hydrogens is 396 g/mol. The van der Waals surface area contributed by atoms with Gasteiger partial charge in [0.15, 0.2) is 0 Å². The van der Waals surface area contributed by atoms with E-state index in [0.717, 1.165) is 16.5 Å². The summed E-state index contributed by atoms with van der Waals surface area (Å²) in [7, 11) is 1.52. The van der Waals surface area contributed by atoms with Crippen molar-refractivity contribution in [2.24, 2.45) is 5.10 Å². The maximum atomic E-state index is 12.7. The molecule has 0 unspecified atom stereocenters. The number of hydrazone groups is 1. The average Bonchev–Trinajstić information content (AvgIpc) is 3.26. The Morgan fingerprint density at radius 3 is 2.45 bits per heavy atom. The summed E-state index contributed by atoms with van der Waals surface area (Å²) in [6.45, 7) is 0. The minimum Gasteiger partial charge on any atom is -0.496 e. The fourth-order valence-corrected chi connectivity index (χ4v) is 3.25. The number of hydrogen-bond donors (Lipinski definition) is 1. The zero-order valence-electron chi connectivity index (χ0n) is 16.6. The molecule has 0 spiro atoms. The number of nitrogens with one attached hydrogen (secondary N) is 1. The standard InChI is InChI=1S/C23H18N4O4/c1-31-22-14-17-6-3-2-5-16(17)13-21(22)23(28)25-24-15-20-7-4-12-26(20)18-8-10-19(11-9-18)27(29)30/h2-15H,1H3,(H,25,28)/b24-15-. The van der Waals surface area contributed by atoms with E-state index in [1.54, 1.807) is 29.0 Å². The molecule has 0 saturated heterocycles. The molecule has 31 heavy (non-hydrogen) atoms. The van der Waals surface area contributed by atoms with Crippen LogP contribution in [0.1, 0.15) is 16.1 Å². The summed E-state index contributed by atoms with van der Waals surface area (Å²) < 4.78 is 7.17. The normalized spacial score (nSPS) is 11.0. The molecule has 3 aromatic carbocycles. The number of ether oxygens (including phenoxy) is 1. The fraction of sp³-hybridized carbons (Fsp3) is 0.0435. The number of benzene rings is 3. The number of nitro groups is 1. The van der Waals surface area contributed by atoms with Crippen LogP contribution in [0.3, 0.4) is 0 Å². The Bertz CT molecular complexity index is 1290. The molecule has 4 aromatic rings. The van der Waals surface area contributed by atoms with Gasteiger partial charge in [-0.2, -0.15) is 5.10 Å². The Hall–Kier alpha value is -4.46. The first kappa shape index (κ1) is 19.8. The lowest BCUT2D eigenvalue weighted by molar-refractivity contribution is -0.384. The smallest absolute Gasteiger partial charge is 0.275 e. The van der Waals surface area contributed by atoms with Crippen LogP contribution in [0.5, 0.6) is 5.75 Å². The number of fused-ring (bicyclic) bond motifs is 1. The van der Waals surface area contributed by atoms with Crippen LogP contribution in [-0.4, -0.2) is 28.7 Å². The van der Waals surface area contributed by atoms with E-state index < -0.39 is 10.8 Å². The van der Waals surface area contributed by atoms with Gasteiger partial charge in [-0.05, 0) is 47.2 Å². The van der Waals surface area contributed by atoms with Gasteiger partial charge in [0.25, 0.3) is 11.6 Å². The first-order valence-electron chi connectivity index (χ1n) is 9.39. The number of nitrogens with zero attached hydrogens (tertiary/aromatic N) is 3. The number of aromatic nitrogens is 1. The van der Waals surface area contributed by atoms with Gasteiger partial charge >= 0.3 is 0 Å². The van der Waals surface area contributed by atoms with E-state index in [2.05, 4.69) is 10.5 Å². The van der Waals surface area contributed by atoms with E-state index in [1.807, 2.05) is 42.5 Å². The zero-order chi connectivity index (χ0) is 21.8. The molecule has 1 aromatic heterocycles. The highest BCUT2D eigenvalue weighted by Gasteiger charge is 2.13. The highest BCUT2D eigenvalue weighted by molar-refractivity contribution is 6.01. The van der Waals surface area contributed by atoms with Crippen LogP contribution in [0.15, 0.2) is 84.1 Å². The third-order valence-electron chi connectivity index (χ3n) is 4.79. The lowest BCUT2D eigenvalue weighted by Gasteiger charge is -2.09. The molecule has 8 nitrogen and oxygen atoms in total. The minimum absolute atomic E-state index is 0.0164. The van der Waals surface area contributed by atoms with E-state index >= 15 is 0 Å². The first-order chi connectivity index (χ1) is 15.1. The summed E-state index contributed by atoms with van der Waals surface area (Å²) in [6, 6.07) is 21.1. The van der Waals surface area contributed by atoms with Gasteiger partial charge in [0.2, 0.25) is 0 Å². The molecule has 1 N–H and O–H groups in total. The molecule has 1 amide bonds. The number of nitro benzene ring substituents is 1. The molecule has 0 aliphatic rings. The predicted molar refractivity (Wildman–Crippen MR) is 118 cm³/mol. The number of rotatable bonds is 6. The van der Waals surface area contributed by atoms with Crippen molar-refractivity contribution in [2.75, 3.05) is 7.11 Å². The summed E-state index contributed by atoms with van der Waals surface area (Å²) in [6.07, 6.45) is 3.31. The lowest BCUT2D eigenvalue weighted by atomic mass is 10.1. The molecule has 154 valence electrons. The van der Waals surface area contributed by atoms with Crippen molar-refractivity contribution in [2.45, 2.75) is 0 Å². The van der Waals surface area contributed by atoms with Gasteiger partial charge in [-0.1, -0.05) is 24.3 Å². The number of amides is 1. The second-order valence-electron chi connectivity index (χ2n) is 6.68. The number of non-ortho nitro benzene ring substituents is 1. The van der Waals surface area contributed by atoms with Crippen LogP contribution < -0.4 is 10.2 Å². The number of carbonyl (C=O) groups excluding carboxylic acids is 1. The molecule has 0 aliphatic heterocycles. The van der Waals surface area contributed by atoms with Crippen LogP contribution in [0.25, 0.3) is 16.5 Å². The maximum Gasteiger partial charge on any atom is 0.275 e. The van der Waals surface area contributed by atoms with Gasteiger partial charge in [-0.15, -0.1) is 0 Å². The molecule has 0 fully saturated rings. The summed E-state index contributed by atoms with van der Waals surface area (Å²) >= 11 is 0. The van der Waals surface area contributed by atoms with Gasteiger partial charge in [0.1, 0.15) is 5.75 Å². The molecule has 0 aliphatic carbocycles. The van der Waals surface area contributed by atoms with Crippen LogP contribution >= 0.6 is 0 Å². The molecular formula is C23H18N4O4. The van der Waals surface area contributed by atoms with Crippen LogP contribution in [-0.2, 0) is 0 Å². The van der Waals surface area contributed by atoms with E-state index in [1.165, 1.54) is 25.5 Å². The second kappa shape index (κ2) is 8.50.